The third-order valence-corrected chi connectivity index (χ3v) is 5.71. The minimum atomic E-state index is -0.486. The third-order valence-electron chi connectivity index (χ3n) is 5.71. The standard InChI is InChI=1S/C24H31NO3/c1-3-19-10-12-21(13-11-19)28-22(4-2)23(26)25-18-24(14-16-27-17-15-24)20-8-6-5-7-9-20/h5-13,22H,3-4,14-18H2,1-2H3,(H,25,26)/t22-/m0/s1. The highest BCUT2D eigenvalue weighted by molar-refractivity contribution is 5.81. The number of hydrogen-bond acceptors (Lipinski definition) is 3. The molecule has 0 unspecified atom stereocenters. The van der Waals surface area contributed by atoms with Gasteiger partial charge < -0.3 is 14.8 Å². The highest BCUT2D eigenvalue weighted by Gasteiger charge is 2.35. The number of hydrogen-bond donors (Lipinski definition) is 1. The molecule has 2 aromatic carbocycles. The zero-order chi connectivity index (χ0) is 19.8. The second-order valence-corrected chi connectivity index (χ2v) is 7.49. The van der Waals surface area contributed by atoms with Crippen LogP contribution in [0, 0.1) is 0 Å². The second-order valence-electron chi connectivity index (χ2n) is 7.49. The maximum absolute atomic E-state index is 12.9. The van der Waals surface area contributed by atoms with Crippen molar-refractivity contribution < 1.29 is 14.3 Å². The Morgan fingerprint density at radius 1 is 1.07 bits per heavy atom. The van der Waals surface area contributed by atoms with Gasteiger partial charge in [-0.05, 0) is 48.9 Å². The fraction of sp³-hybridized carbons (Fsp3) is 0.458. The molecule has 4 heteroatoms. The van der Waals surface area contributed by atoms with E-state index in [1.165, 1.54) is 11.1 Å². The predicted molar refractivity (Wildman–Crippen MR) is 112 cm³/mol. The van der Waals surface area contributed by atoms with E-state index in [0.717, 1.165) is 38.2 Å². The van der Waals surface area contributed by atoms with E-state index in [9.17, 15) is 4.79 Å². The predicted octanol–water partition coefficient (Wildman–Crippen LogP) is 4.27. The van der Waals surface area contributed by atoms with Gasteiger partial charge in [0.1, 0.15) is 5.75 Å². The summed E-state index contributed by atoms with van der Waals surface area (Å²) in [6, 6.07) is 18.4. The molecule has 1 N–H and O–H groups in total. The average Bonchev–Trinajstić information content (AvgIpc) is 2.77. The molecule has 1 aliphatic heterocycles. The summed E-state index contributed by atoms with van der Waals surface area (Å²) in [6.45, 7) is 6.15. The SMILES string of the molecule is CCc1ccc(O[C@@H](CC)C(=O)NCC2(c3ccccc3)CCOCC2)cc1. The van der Waals surface area contributed by atoms with Crippen molar-refractivity contribution in [1.82, 2.24) is 5.32 Å². The first kappa shape index (κ1) is 20.4. The van der Waals surface area contributed by atoms with Crippen LogP contribution in [0.5, 0.6) is 5.75 Å². The summed E-state index contributed by atoms with van der Waals surface area (Å²) >= 11 is 0. The normalized spacial score (nSPS) is 16.9. The van der Waals surface area contributed by atoms with Crippen molar-refractivity contribution in [3.63, 3.8) is 0 Å². The van der Waals surface area contributed by atoms with Crippen LogP contribution in [-0.2, 0) is 21.4 Å². The molecule has 0 spiro atoms. The van der Waals surface area contributed by atoms with Gasteiger partial charge in [-0.25, -0.2) is 0 Å². The van der Waals surface area contributed by atoms with Crippen molar-refractivity contribution in [2.75, 3.05) is 19.8 Å². The Kier molecular flexibility index (Phi) is 7.10. The zero-order valence-corrected chi connectivity index (χ0v) is 16.9. The molecule has 0 aromatic heterocycles. The molecule has 150 valence electrons. The van der Waals surface area contributed by atoms with Gasteiger partial charge in [0.25, 0.3) is 5.91 Å². The number of benzene rings is 2. The first-order valence-electron chi connectivity index (χ1n) is 10.3. The van der Waals surface area contributed by atoms with Crippen molar-refractivity contribution in [2.45, 2.75) is 51.0 Å². The van der Waals surface area contributed by atoms with E-state index in [0.29, 0.717) is 13.0 Å². The van der Waals surface area contributed by atoms with Gasteiger partial charge in [0.05, 0.1) is 0 Å². The molecule has 1 aliphatic rings. The Bertz CT molecular complexity index is 736. The Hall–Kier alpha value is -2.33. The molecule has 0 saturated carbocycles. The highest BCUT2D eigenvalue weighted by Crippen LogP contribution is 2.34. The van der Waals surface area contributed by atoms with E-state index >= 15 is 0 Å². The van der Waals surface area contributed by atoms with Gasteiger partial charge >= 0.3 is 0 Å². The molecule has 3 rings (SSSR count). The van der Waals surface area contributed by atoms with E-state index in [4.69, 9.17) is 9.47 Å². The first-order valence-corrected chi connectivity index (χ1v) is 10.3. The number of amides is 1. The summed E-state index contributed by atoms with van der Waals surface area (Å²) in [7, 11) is 0. The smallest absolute Gasteiger partial charge is 0.261 e. The lowest BCUT2D eigenvalue weighted by Gasteiger charge is -2.38. The minimum Gasteiger partial charge on any atom is -0.481 e. The quantitative estimate of drug-likeness (QED) is 0.743. The lowest BCUT2D eigenvalue weighted by molar-refractivity contribution is -0.128. The zero-order valence-electron chi connectivity index (χ0n) is 16.9. The van der Waals surface area contributed by atoms with Gasteiger partial charge in [0.15, 0.2) is 6.10 Å². The molecule has 28 heavy (non-hydrogen) atoms. The molecule has 4 nitrogen and oxygen atoms in total. The molecule has 1 atom stereocenters. The molecule has 2 aromatic rings. The highest BCUT2D eigenvalue weighted by atomic mass is 16.5. The Morgan fingerprint density at radius 2 is 1.75 bits per heavy atom. The average molecular weight is 382 g/mol. The van der Waals surface area contributed by atoms with E-state index in [1.807, 2.05) is 37.3 Å². The largest absolute Gasteiger partial charge is 0.481 e. The van der Waals surface area contributed by atoms with Crippen molar-refractivity contribution >= 4 is 5.91 Å². The lowest BCUT2D eigenvalue weighted by atomic mass is 9.74. The van der Waals surface area contributed by atoms with Crippen LogP contribution in [0.15, 0.2) is 54.6 Å². The Labute approximate surface area is 168 Å². The first-order chi connectivity index (χ1) is 13.7. The molecular weight excluding hydrogens is 350 g/mol. The van der Waals surface area contributed by atoms with Crippen LogP contribution in [-0.4, -0.2) is 31.8 Å². The maximum atomic E-state index is 12.9. The number of carbonyl (C=O) groups excluding carboxylic acids is 1. The van der Waals surface area contributed by atoms with Crippen LogP contribution in [0.2, 0.25) is 0 Å². The summed E-state index contributed by atoms with van der Waals surface area (Å²) in [5, 5.41) is 3.17. The third kappa shape index (κ3) is 4.93. The van der Waals surface area contributed by atoms with E-state index in [1.54, 1.807) is 0 Å². The summed E-state index contributed by atoms with van der Waals surface area (Å²) in [4.78, 5) is 12.9. The van der Waals surface area contributed by atoms with Gasteiger partial charge in [-0.2, -0.15) is 0 Å². The molecule has 1 heterocycles. The second kappa shape index (κ2) is 9.74. The number of rotatable bonds is 8. The van der Waals surface area contributed by atoms with Crippen LogP contribution >= 0.6 is 0 Å². The van der Waals surface area contributed by atoms with Crippen molar-refractivity contribution in [2.24, 2.45) is 0 Å². The molecule has 0 aliphatic carbocycles. The maximum Gasteiger partial charge on any atom is 0.261 e. The molecule has 0 radical (unpaired) electrons. The molecular formula is C24H31NO3. The summed E-state index contributed by atoms with van der Waals surface area (Å²) in [5.74, 6) is 0.687. The van der Waals surface area contributed by atoms with Crippen LogP contribution in [0.1, 0.15) is 44.2 Å². The van der Waals surface area contributed by atoms with Crippen molar-refractivity contribution in [1.29, 1.82) is 0 Å². The number of aryl methyl sites for hydroxylation is 1. The summed E-state index contributed by atoms with van der Waals surface area (Å²) in [6.07, 6.45) is 2.95. The molecule has 0 bridgehead atoms. The molecule has 1 saturated heterocycles. The van der Waals surface area contributed by atoms with Gasteiger partial charge in [-0.3, -0.25) is 4.79 Å². The van der Waals surface area contributed by atoms with Crippen LogP contribution in [0.3, 0.4) is 0 Å². The van der Waals surface area contributed by atoms with Gasteiger partial charge in [-0.15, -0.1) is 0 Å². The van der Waals surface area contributed by atoms with Gasteiger partial charge in [0.2, 0.25) is 0 Å². The number of nitrogens with one attached hydrogen (secondary N) is 1. The number of carbonyl (C=O) groups is 1. The van der Waals surface area contributed by atoms with Crippen LogP contribution in [0.25, 0.3) is 0 Å². The molecule has 1 fully saturated rings. The van der Waals surface area contributed by atoms with E-state index in [2.05, 4.69) is 36.5 Å². The van der Waals surface area contributed by atoms with Gasteiger partial charge in [0, 0.05) is 25.2 Å². The summed E-state index contributed by atoms with van der Waals surface area (Å²) in [5.41, 5.74) is 2.45. The van der Waals surface area contributed by atoms with Crippen LogP contribution < -0.4 is 10.1 Å². The monoisotopic (exact) mass is 381 g/mol. The fourth-order valence-corrected chi connectivity index (χ4v) is 3.78. The number of ether oxygens (including phenoxy) is 2. The van der Waals surface area contributed by atoms with E-state index < -0.39 is 6.10 Å². The van der Waals surface area contributed by atoms with Crippen LogP contribution in [0.4, 0.5) is 0 Å². The Morgan fingerprint density at radius 3 is 2.36 bits per heavy atom. The van der Waals surface area contributed by atoms with Gasteiger partial charge in [-0.1, -0.05) is 56.3 Å². The fourth-order valence-electron chi connectivity index (χ4n) is 3.78. The van der Waals surface area contributed by atoms with Crippen molar-refractivity contribution in [3.8, 4) is 5.75 Å². The summed E-state index contributed by atoms with van der Waals surface area (Å²) < 4.78 is 11.5. The minimum absolute atomic E-state index is 0.0520. The molecule has 1 amide bonds. The Balaban J connectivity index is 1.65. The topological polar surface area (TPSA) is 47.6 Å². The lowest BCUT2D eigenvalue weighted by Crippen LogP contribution is -2.48. The van der Waals surface area contributed by atoms with E-state index in [-0.39, 0.29) is 11.3 Å². The van der Waals surface area contributed by atoms with Crippen molar-refractivity contribution in [3.05, 3.63) is 65.7 Å².